The van der Waals surface area contributed by atoms with Gasteiger partial charge in [0.15, 0.2) is 0 Å². The Labute approximate surface area is 178 Å². The molecule has 4 aromatic rings. The van der Waals surface area contributed by atoms with E-state index in [0.717, 1.165) is 23.3 Å². The molecule has 0 amide bonds. The lowest BCUT2D eigenvalue weighted by atomic mass is 9.44. The predicted molar refractivity (Wildman–Crippen MR) is 122 cm³/mol. The normalized spacial score (nSPS) is 23.6. The maximum Gasteiger partial charge on any atom is 0.0894 e. The van der Waals surface area contributed by atoms with Gasteiger partial charge in [-0.05, 0) is 59.4 Å². The van der Waals surface area contributed by atoms with Crippen LogP contribution in [0, 0.1) is 11.3 Å². The monoisotopic (exact) mass is 390 g/mol. The summed E-state index contributed by atoms with van der Waals surface area (Å²) in [5.41, 5.74) is 7.53. The van der Waals surface area contributed by atoms with Crippen molar-refractivity contribution in [3.05, 3.63) is 95.7 Å². The minimum absolute atomic E-state index is 0.358. The molecule has 1 saturated carbocycles. The number of para-hydroxylation sites is 1. The molecule has 2 heterocycles. The van der Waals surface area contributed by atoms with E-state index >= 15 is 0 Å². The zero-order valence-corrected chi connectivity index (χ0v) is 17.5. The smallest absolute Gasteiger partial charge is 0.0894 e. The third kappa shape index (κ3) is 2.63. The maximum absolute atomic E-state index is 5.25. The van der Waals surface area contributed by atoms with Crippen LogP contribution in [-0.2, 0) is 6.42 Å². The standard InChI is InChI=1S/C28H26N2/c1-28(2)22-17-23(28)21(16-18-8-4-3-5-9-18)27-20(22)13-15-26(30-27)25-14-12-19-10-6-7-11-24(19)29-25/h3-15,21-23H,16-17H2,1-2H3/t21-,22-,23+/m1/s1. The minimum atomic E-state index is 0.358. The Hall–Kier alpha value is -3.00. The topological polar surface area (TPSA) is 25.8 Å². The van der Waals surface area contributed by atoms with Gasteiger partial charge in [-0.2, -0.15) is 0 Å². The van der Waals surface area contributed by atoms with Crippen molar-refractivity contribution < 1.29 is 0 Å². The highest BCUT2D eigenvalue weighted by molar-refractivity contribution is 5.81. The van der Waals surface area contributed by atoms with Gasteiger partial charge in [0.25, 0.3) is 0 Å². The van der Waals surface area contributed by atoms with Gasteiger partial charge >= 0.3 is 0 Å². The molecular formula is C28H26N2. The maximum atomic E-state index is 5.25. The van der Waals surface area contributed by atoms with Crippen LogP contribution in [0.2, 0.25) is 0 Å². The van der Waals surface area contributed by atoms with E-state index in [2.05, 4.69) is 86.6 Å². The van der Waals surface area contributed by atoms with Crippen LogP contribution in [0.5, 0.6) is 0 Å². The first kappa shape index (κ1) is 17.8. The van der Waals surface area contributed by atoms with Crippen molar-refractivity contribution in [2.24, 2.45) is 11.3 Å². The molecule has 2 aromatic heterocycles. The van der Waals surface area contributed by atoms with E-state index in [4.69, 9.17) is 9.97 Å². The number of fused-ring (bicyclic) bond motifs is 1. The highest BCUT2D eigenvalue weighted by Gasteiger charge is 2.57. The molecule has 148 valence electrons. The van der Waals surface area contributed by atoms with Crippen molar-refractivity contribution in [3.63, 3.8) is 0 Å². The Kier molecular flexibility index (Phi) is 3.86. The molecule has 30 heavy (non-hydrogen) atoms. The largest absolute Gasteiger partial charge is 0.251 e. The summed E-state index contributed by atoms with van der Waals surface area (Å²) in [5, 5.41) is 1.17. The number of aromatic nitrogens is 2. The van der Waals surface area contributed by atoms with Gasteiger partial charge in [-0.15, -0.1) is 0 Å². The van der Waals surface area contributed by atoms with E-state index in [1.165, 1.54) is 28.6 Å². The first-order valence-corrected chi connectivity index (χ1v) is 11.0. The predicted octanol–water partition coefficient (Wildman–Crippen LogP) is 6.77. The van der Waals surface area contributed by atoms with Gasteiger partial charge in [-0.25, -0.2) is 4.98 Å². The minimum Gasteiger partial charge on any atom is -0.251 e. The third-order valence-electron chi connectivity index (χ3n) is 7.67. The molecule has 2 heteroatoms. The van der Waals surface area contributed by atoms with E-state index < -0.39 is 0 Å². The van der Waals surface area contributed by atoms with E-state index in [0.29, 0.717) is 23.2 Å². The Balaban J connectivity index is 1.45. The number of pyridine rings is 2. The summed E-state index contributed by atoms with van der Waals surface area (Å²) in [6.45, 7) is 4.90. The summed E-state index contributed by atoms with van der Waals surface area (Å²) in [6.07, 6.45) is 2.36. The van der Waals surface area contributed by atoms with Crippen LogP contribution in [0.15, 0.2) is 78.9 Å². The first-order valence-electron chi connectivity index (χ1n) is 11.0. The van der Waals surface area contributed by atoms with Crippen LogP contribution in [0.3, 0.4) is 0 Å². The third-order valence-corrected chi connectivity index (χ3v) is 7.67. The Morgan fingerprint density at radius 2 is 1.53 bits per heavy atom. The summed E-state index contributed by atoms with van der Waals surface area (Å²) in [6, 6.07) is 28.0. The SMILES string of the molecule is CC1(C)[C@@H]2C[C@H]1[C@@H](Cc1ccccc1)c1nc(-c3ccc4ccccc4n3)ccc12. The summed E-state index contributed by atoms with van der Waals surface area (Å²) in [4.78, 5) is 10.2. The van der Waals surface area contributed by atoms with E-state index in [1.54, 1.807) is 0 Å². The zero-order chi connectivity index (χ0) is 20.3. The van der Waals surface area contributed by atoms with Crippen molar-refractivity contribution in [1.29, 1.82) is 0 Å². The van der Waals surface area contributed by atoms with E-state index in [-0.39, 0.29) is 0 Å². The van der Waals surface area contributed by atoms with Crippen molar-refractivity contribution >= 4 is 10.9 Å². The van der Waals surface area contributed by atoms with E-state index in [9.17, 15) is 0 Å². The summed E-state index contributed by atoms with van der Waals surface area (Å²) in [7, 11) is 0. The summed E-state index contributed by atoms with van der Waals surface area (Å²) >= 11 is 0. The second kappa shape index (κ2) is 6.50. The molecule has 3 aliphatic rings. The first-order chi connectivity index (χ1) is 14.6. The van der Waals surface area contributed by atoms with Gasteiger partial charge < -0.3 is 0 Å². The van der Waals surface area contributed by atoms with Crippen LogP contribution >= 0.6 is 0 Å². The fourth-order valence-corrected chi connectivity index (χ4v) is 5.90. The molecule has 0 saturated heterocycles. The average molecular weight is 391 g/mol. The van der Waals surface area contributed by atoms with Gasteiger partial charge in [0.2, 0.25) is 0 Å². The number of rotatable bonds is 3. The Bertz CT molecular complexity index is 1240. The molecule has 2 bridgehead atoms. The molecule has 0 unspecified atom stereocenters. The summed E-state index contributed by atoms with van der Waals surface area (Å²) < 4.78 is 0. The second-order valence-corrected chi connectivity index (χ2v) is 9.57. The Morgan fingerprint density at radius 1 is 0.800 bits per heavy atom. The molecule has 3 aliphatic carbocycles. The van der Waals surface area contributed by atoms with Crippen LogP contribution < -0.4 is 0 Å². The highest BCUT2D eigenvalue weighted by Crippen LogP contribution is 2.66. The highest BCUT2D eigenvalue weighted by atomic mass is 14.8. The van der Waals surface area contributed by atoms with Gasteiger partial charge in [-0.1, -0.05) is 74.5 Å². The van der Waals surface area contributed by atoms with Crippen molar-refractivity contribution in [2.45, 2.75) is 38.5 Å². The number of benzene rings is 2. The van der Waals surface area contributed by atoms with Gasteiger partial charge in [0.05, 0.1) is 16.9 Å². The van der Waals surface area contributed by atoms with Gasteiger partial charge in [0.1, 0.15) is 0 Å². The molecule has 2 aromatic carbocycles. The molecule has 3 atom stereocenters. The quantitative estimate of drug-likeness (QED) is 0.386. The molecule has 0 N–H and O–H groups in total. The zero-order valence-electron chi connectivity index (χ0n) is 17.5. The van der Waals surface area contributed by atoms with Crippen LogP contribution in [0.25, 0.3) is 22.3 Å². The second-order valence-electron chi connectivity index (χ2n) is 9.57. The molecule has 1 fully saturated rings. The lowest BCUT2D eigenvalue weighted by molar-refractivity contribution is -0.00746. The molecule has 0 spiro atoms. The number of hydrogen-bond donors (Lipinski definition) is 0. The fourth-order valence-electron chi connectivity index (χ4n) is 5.90. The van der Waals surface area contributed by atoms with Crippen LogP contribution in [0.4, 0.5) is 0 Å². The van der Waals surface area contributed by atoms with Crippen molar-refractivity contribution in [3.8, 4) is 11.4 Å². The molecule has 7 rings (SSSR count). The lowest BCUT2D eigenvalue weighted by Crippen LogP contribution is -2.51. The number of hydrogen-bond acceptors (Lipinski definition) is 2. The van der Waals surface area contributed by atoms with E-state index in [1.807, 2.05) is 6.07 Å². The lowest BCUT2D eigenvalue weighted by Gasteiger charge is -2.60. The van der Waals surface area contributed by atoms with Gasteiger partial charge in [0, 0.05) is 17.0 Å². The Morgan fingerprint density at radius 3 is 2.37 bits per heavy atom. The van der Waals surface area contributed by atoms with Crippen LogP contribution in [-0.4, -0.2) is 9.97 Å². The fraction of sp³-hybridized carbons (Fsp3) is 0.286. The number of nitrogens with zero attached hydrogens (tertiary/aromatic N) is 2. The molecule has 0 aliphatic heterocycles. The molecular weight excluding hydrogens is 364 g/mol. The average Bonchev–Trinajstić information content (AvgIpc) is 2.78. The van der Waals surface area contributed by atoms with Crippen molar-refractivity contribution in [1.82, 2.24) is 9.97 Å². The van der Waals surface area contributed by atoms with Crippen molar-refractivity contribution in [2.75, 3.05) is 0 Å². The molecule has 2 nitrogen and oxygen atoms in total. The summed E-state index contributed by atoms with van der Waals surface area (Å²) in [5.74, 6) is 1.81. The van der Waals surface area contributed by atoms with Gasteiger partial charge in [-0.3, -0.25) is 4.98 Å². The van der Waals surface area contributed by atoms with Crippen LogP contribution in [0.1, 0.15) is 48.9 Å². The molecule has 0 radical (unpaired) electrons.